The zero-order chi connectivity index (χ0) is 12.1. The molecule has 5 nitrogen and oxygen atoms in total. The van der Waals surface area contributed by atoms with E-state index in [-0.39, 0.29) is 18.1 Å². The average Bonchev–Trinajstić information content (AvgIpc) is 2.12. The number of ether oxygens (including phenoxy) is 2. The maximum absolute atomic E-state index is 11.2. The highest BCUT2D eigenvalue weighted by Crippen LogP contribution is 2.21. The summed E-state index contributed by atoms with van der Waals surface area (Å²) in [5.41, 5.74) is -0.110. The number of esters is 1. The second kappa shape index (κ2) is 5.58. The van der Waals surface area contributed by atoms with Crippen LogP contribution in [0, 0.1) is 5.41 Å². The quantitative estimate of drug-likeness (QED) is 0.724. The molecule has 0 saturated heterocycles. The number of nitrogens with one attached hydrogen (secondary N) is 1. The Bertz CT molecular complexity index is 232. The summed E-state index contributed by atoms with van der Waals surface area (Å²) in [4.78, 5) is 21.9. The monoisotopic (exact) mass is 217 g/mol. The first kappa shape index (κ1) is 13.7. The molecule has 1 atom stereocenters. The van der Waals surface area contributed by atoms with Crippen molar-refractivity contribution in [1.29, 1.82) is 0 Å². The first-order valence-electron chi connectivity index (χ1n) is 4.78. The third-order valence-corrected chi connectivity index (χ3v) is 2.09. The van der Waals surface area contributed by atoms with Crippen molar-refractivity contribution in [2.24, 2.45) is 5.41 Å². The number of carbonyl (C=O) groups excluding carboxylic acids is 2. The Hall–Kier alpha value is -1.26. The molecule has 1 N–H and O–H groups in total. The molecular formula is C10H19NO4. The van der Waals surface area contributed by atoms with E-state index in [4.69, 9.17) is 4.74 Å². The second-order valence-corrected chi connectivity index (χ2v) is 4.34. The molecule has 0 aliphatic heterocycles. The number of hydrogen-bond acceptors (Lipinski definition) is 4. The summed E-state index contributed by atoms with van der Waals surface area (Å²) in [7, 11) is 1.23. The van der Waals surface area contributed by atoms with Crippen molar-refractivity contribution in [3.63, 3.8) is 0 Å². The van der Waals surface area contributed by atoms with Gasteiger partial charge in [0.2, 0.25) is 0 Å². The lowest BCUT2D eigenvalue weighted by Gasteiger charge is -2.26. The van der Waals surface area contributed by atoms with E-state index in [9.17, 15) is 9.59 Å². The van der Waals surface area contributed by atoms with Crippen LogP contribution in [0.1, 0.15) is 27.7 Å². The van der Waals surface area contributed by atoms with E-state index in [1.165, 1.54) is 7.11 Å². The smallest absolute Gasteiger partial charge is 0.407 e. The fraction of sp³-hybridized carbons (Fsp3) is 0.800. The third kappa shape index (κ3) is 5.93. The first-order valence-corrected chi connectivity index (χ1v) is 4.78. The number of hydrogen-bond donors (Lipinski definition) is 1. The molecule has 0 aromatic rings. The van der Waals surface area contributed by atoms with Crippen LogP contribution in [0.3, 0.4) is 0 Å². The summed E-state index contributed by atoms with van der Waals surface area (Å²) in [5, 5.41) is 2.25. The Morgan fingerprint density at radius 2 is 1.87 bits per heavy atom. The van der Waals surface area contributed by atoms with Gasteiger partial charge < -0.3 is 14.8 Å². The van der Waals surface area contributed by atoms with Crippen LogP contribution in [0.25, 0.3) is 0 Å². The summed E-state index contributed by atoms with van der Waals surface area (Å²) < 4.78 is 9.42. The molecule has 0 aromatic carbocycles. The van der Waals surface area contributed by atoms with Crippen molar-refractivity contribution in [2.45, 2.75) is 33.8 Å². The van der Waals surface area contributed by atoms with Gasteiger partial charge >= 0.3 is 12.1 Å². The molecule has 0 aliphatic carbocycles. The van der Waals surface area contributed by atoms with Crippen LogP contribution >= 0.6 is 0 Å². The number of alkyl carbamates (subject to hydrolysis) is 1. The van der Waals surface area contributed by atoms with Crippen LogP contribution in [-0.2, 0) is 14.3 Å². The number of methoxy groups -OCH3 is 1. The Kier molecular flexibility index (Phi) is 5.11. The summed E-state index contributed by atoms with van der Waals surface area (Å²) >= 11 is 0. The van der Waals surface area contributed by atoms with Gasteiger partial charge in [0.05, 0.1) is 7.11 Å². The molecule has 0 unspecified atom stereocenters. The standard InChI is InChI=1S/C10H19NO4/c1-7(10(2,3)4)15-8(12)6-11-9(13)14-5/h7H,6H2,1-5H3,(H,11,13)/t7-/m1/s1. The van der Waals surface area contributed by atoms with Gasteiger partial charge in [0.25, 0.3) is 0 Å². The van der Waals surface area contributed by atoms with E-state index in [1.807, 2.05) is 27.7 Å². The lowest BCUT2D eigenvalue weighted by Crippen LogP contribution is -2.35. The molecule has 0 heterocycles. The van der Waals surface area contributed by atoms with Gasteiger partial charge in [-0.15, -0.1) is 0 Å². The molecule has 0 aliphatic rings. The van der Waals surface area contributed by atoms with Crippen LogP contribution in [0.4, 0.5) is 4.79 Å². The number of amides is 1. The van der Waals surface area contributed by atoms with E-state index in [2.05, 4.69) is 10.1 Å². The van der Waals surface area contributed by atoms with Gasteiger partial charge in [-0.05, 0) is 12.3 Å². The van der Waals surface area contributed by atoms with Crippen molar-refractivity contribution in [2.75, 3.05) is 13.7 Å². The van der Waals surface area contributed by atoms with Crippen molar-refractivity contribution in [3.8, 4) is 0 Å². The first-order chi connectivity index (χ1) is 6.77. The molecule has 88 valence electrons. The second-order valence-electron chi connectivity index (χ2n) is 4.34. The van der Waals surface area contributed by atoms with Crippen molar-refractivity contribution >= 4 is 12.1 Å². The third-order valence-electron chi connectivity index (χ3n) is 2.09. The van der Waals surface area contributed by atoms with Crippen LogP contribution < -0.4 is 5.32 Å². The SMILES string of the molecule is COC(=O)NCC(=O)O[C@H](C)C(C)(C)C. The Morgan fingerprint density at radius 3 is 2.27 bits per heavy atom. The largest absolute Gasteiger partial charge is 0.461 e. The molecule has 15 heavy (non-hydrogen) atoms. The predicted molar refractivity (Wildman–Crippen MR) is 55.4 cm³/mol. The van der Waals surface area contributed by atoms with E-state index in [1.54, 1.807) is 0 Å². The molecule has 5 heteroatoms. The van der Waals surface area contributed by atoms with Crippen molar-refractivity contribution in [3.05, 3.63) is 0 Å². The fourth-order valence-electron chi connectivity index (χ4n) is 0.632. The lowest BCUT2D eigenvalue weighted by molar-refractivity contribution is -0.152. The minimum Gasteiger partial charge on any atom is -0.461 e. The van der Waals surface area contributed by atoms with Gasteiger partial charge in [0, 0.05) is 0 Å². The predicted octanol–water partition coefficient (Wildman–Crippen LogP) is 1.32. The summed E-state index contributed by atoms with van der Waals surface area (Å²) in [6, 6.07) is 0. The maximum atomic E-state index is 11.2. The van der Waals surface area contributed by atoms with Crippen LogP contribution in [0.5, 0.6) is 0 Å². The molecule has 0 saturated carbocycles. The summed E-state index contributed by atoms with van der Waals surface area (Å²) in [6.07, 6.45) is -0.847. The Morgan fingerprint density at radius 1 is 1.33 bits per heavy atom. The lowest BCUT2D eigenvalue weighted by atomic mass is 9.90. The zero-order valence-corrected chi connectivity index (χ0v) is 9.92. The molecule has 0 radical (unpaired) electrons. The Labute approximate surface area is 90.1 Å². The van der Waals surface area contributed by atoms with Gasteiger partial charge in [-0.25, -0.2) is 4.79 Å². The van der Waals surface area contributed by atoms with E-state index < -0.39 is 12.1 Å². The van der Waals surface area contributed by atoms with Crippen molar-refractivity contribution in [1.82, 2.24) is 5.32 Å². The van der Waals surface area contributed by atoms with Crippen LogP contribution in [0.2, 0.25) is 0 Å². The normalized spacial score (nSPS) is 12.9. The van der Waals surface area contributed by atoms with Gasteiger partial charge in [0.15, 0.2) is 0 Å². The minimum atomic E-state index is -0.643. The van der Waals surface area contributed by atoms with Gasteiger partial charge in [-0.1, -0.05) is 20.8 Å². The molecule has 0 spiro atoms. The summed E-state index contributed by atoms with van der Waals surface area (Å²) in [5.74, 6) is -0.470. The highest BCUT2D eigenvalue weighted by molar-refractivity contribution is 5.77. The van der Waals surface area contributed by atoms with Gasteiger partial charge in [0.1, 0.15) is 12.6 Å². The molecule has 0 bridgehead atoms. The Balaban J connectivity index is 3.90. The maximum Gasteiger partial charge on any atom is 0.407 e. The molecule has 0 rings (SSSR count). The topological polar surface area (TPSA) is 64.6 Å². The zero-order valence-electron chi connectivity index (χ0n) is 9.92. The van der Waals surface area contributed by atoms with Crippen LogP contribution in [0.15, 0.2) is 0 Å². The van der Waals surface area contributed by atoms with Crippen molar-refractivity contribution < 1.29 is 19.1 Å². The fourth-order valence-corrected chi connectivity index (χ4v) is 0.632. The van der Waals surface area contributed by atoms with E-state index in [0.717, 1.165) is 0 Å². The number of carbonyl (C=O) groups is 2. The van der Waals surface area contributed by atoms with E-state index >= 15 is 0 Å². The highest BCUT2D eigenvalue weighted by atomic mass is 16.6. The van der Waals surface area contributed by atoms with Crippen LogP contribution in [-0.4, -0.2) is 31.8 Å². The average molecular weight is 217 g/mol. The molecular weight excluding hydrogens is 198 g/mol. The van der Waals surface area contributed by atoms with Gasteiger partial charge in [-0.2, -0.15) is 0 Å². The molecule has 1 amide bonds. The van der Waals surface area contributed by atoms with Gasteiger partial charge in [-0.3, -0.25) is 4.79 Å². The van der Waals surface area contributed by atoms with E-state index in [0.29, 0.717) is 0 Å². The summed E-state index contributed by atoms with van der Waals surface area (Å²) in [6.45, 7) is 7.55. The highest BCUT2D eigenvalue weighted by Gasteiger charge is 2.23. The number of rotatable bonds is 3. The minimum absolute atomic E-state index is 0.110. The molecule has 0 aromatic heterocycles. The molecule has 0 fully saturated rings.